The fourth-order valence-electron chi connectivity index (χ4n) is 4.83. The summed E-state index contributed by atoms with van der Waals surface area (Å²) in [5.74, 6) is -0.535. The molecule has 0 spiro atoms. The van der Waals surface area contributed by atoms with E-state index in [4.69, 9.17) is 10.3 Å². The Balaban J connectivity index is 2.35. The molecule has 146 valence electrons. The molecule has 0 heterocycles. The van der Waals surface area contributed by atoms with E-state index in [0.717, 1.165) is 6.42 Å². The molecular formula is C17H28N4O4S. The maximum atomic E-state index is 13.0. The molecule has 2 aliphatic carbocycles. The maximum absolute atomic E-state index is 13.0. The van der Waals surface area contributed by atoms with Crippen molar-refractivity contribution in [3.8, 4) is 0 Å². The molecule has 0 radical (unpaired) electrons. The topological polar surface area (TPSA) is 112 Å². The Bertz CT molecular complexity index is 738. The van der Waals surface area contributed by atoms with Crippen LogP contribution in [0.5, 0.6) is 0 Å². The van der Waals surface area contributed by atoms with Gasteiger partial charge < -0.3 is 4.74 Å². The summed E-state index contributed by atoms with van der Waals surface area (Å²) in [5.41, 5.74) is 7.23. The number of carbonyl (C=O) groups excluding carboxylic acids is 1. The summed E-state index contributed by atoms with van der Waals surface area (Å²) in [4.78, 5) is 14.7. The van der Waals surface area contributed by atoms with Gasteiger partial charge in [-0.25, -0.2) is 17.5 Å². The highest BCUT2D eigenvalue weighted by molar-refractivity contribution is 7.89. The molecule has 8 nitrogen and oxygen atoms in total. The zero-order valence-electron chi connectivity index (χ0n) is 15.9. The van der Waals surface area contributed by atoms with E-state index in [0.29, 0.717) is 31.8 Å². The second kappa shape index (κ2) is 7.21. The minimum Gasteiger partial charge on any atom is -0.458 e. The van der Waals surface area contributed by atoms with Gasteiger partial charge >= 0.3 is 5.97 Å². The zero-order valence-corrected chi connectivity index (χ0v) is 16.8. The fraction of sp³-hybridized carbons (Fsp3) is 0.824. The average Bonchev–Trinajstić information content (AvgIpc) is 2.90. The fourth-order valence-corrected chi connectivity index (χ4v) is 7.15. The van der Waals surface area contributed by atoms with E-state index in [1.807, 2.05) is 13.8 Å². The van der Waals surface area contributed by atoms with Crippen LogP contribution in [-0.4, -0.2) is 43.6 Å². The normalized spacial score (nSPS) is 29.4. The SMILES string of the molecule is C=C(N=[N+]=[N-])C(=O)OC1CC2CCC1(CS(=O)(=O)N(CC)CC)C2(C)C. The number of sulfonamides is 1. The van der Waals surface area contributed by atoms with Crippen LogP contribution < -0.4 is 0 Å². The van der Waals surface area contributed by atoms with E-state index in [1.54, 1.807) is 0 Å². The van der Waals surface area contributed by atoms with Gasteiger partial charge in [0.15, 0.2) is 0 Å². The number of hydrogen-bond donors (Lipinski definition) is 0. The first-order chi connectivity index (χ1) is 12.1. The summed E-state index contributed by atoms with van der Waals surface area (Å²) in [6.07, 6.45) is 1.71. The van der Waals surface area contributed by atoms with Gasteiger partial charge in [-0.15, -0.1) is 0 Å². The van der Waals surface area contributed by atoms with E-state index in [9.17, 15) is 13.2 Å². The molecule has 3 atom stereocenters. The molecule has 2 bridgehead atoms. The molecule has 0 N–H and O–H groups in total. The van der Waals surface area contributed by atoms with E-state index in [2.05, 4.69) is 30.5 Å². The van der Waals surface area contributed by atoms with Crippen molar-refractivity contribution in [1.82, 2.24) is 4.31 Å². The maximum Gasteiger partial charge on any atom is 0.340 e. The van der Waals surface area contributed by atoms with E-state index in [-0.39, 0.29) is 16.9 Å². The second-order valence-electron chi connectivity index (χ2n) is 7.72. The molecule has 0 aromatic rings. The summed E-state index contributed by atoms with van der Waals surface area (Å²) in [6, 6.07) is 0. The van der Waals surface area contributed by atoms with E-state index >= 15 is 0 Å². The third-order valence-corrected chi connectivity index (χ3v) is 8.73. The van der Waals surface area contributed by atoms with Crippen molar-refractivity contribution in [2.45, 2.75) is 53.1 Å². The van der Waals surface area contributed by atoms with Crippen molar-refractivity contribution in [3.05, 3.63) is 22.7 Å². The minimum atomic E-state index is -3.48. The molecule has 2 aliphatic rings. The van der Waals surface area contributed by atoms with Crippen molar-refractivity contribution in [2.24, 2.45) is 21.9 Å². The van der Waals surface area contributed by atoms with Crippen molar-refractivity contribution in [1.29, 1.82) is 0 Å². The molecule has 0 saturated heterocycles. The first kappa shape index (κ1) is 20.7. The summed E-state index contributed by atoms with van der Waals surface area (Å²) in [5, 5.41) is 3.20. The third-order valence-electron chi connectivity index (χ3n) is 6.55. The highest BCUT2D eigenvalue weighted by Crippen LogP contribution is 2.67. The van der Waals surface area contributed by atoms with Gasteiger partial charge in [0.05, 0.1) is 5.75 Å². The number of nitrogens with zero attached hydrogens (tertiary/aromatic N) is 4. The smallest absolute Gasteiger partial charge is 0.340 e. The van der Waals surface area contributed by atoms with Gasteiger partial charge in [0.1, 0.15) is 11.8 Å². The van der Waals surface area contributed by atoms with Gasteiger partial charge in [-0.05, 0) is 36.1 Å². The molecule has 26 heavy (non-hydrogen) atoms. The predicted octanol–water partition coefficient (Wildman–Crippen LogP) is 3.22. The monoisotopic (exact) mass is 384 g/mol. The number of carbonyl (C=O) groups is 1. The standard InChI is InChI=1S/C17H28N4O4S/c1-6-21(7-2)26(23,24)11-17-9-8-13(16(17,4)5)10-14(17)25-15(22)12(3)19-20-18/h13-14H,3,6-11H2,1-2,4-5H3. The highest BCUT2D eigenvalue weighted by Gasteiger charge is 2.67. The van der Waals surface area contributed by atoms with Crippen molar-refractivity contribution in [3.63, 3.8) is 0 Å². The van der Waals surface area contributed by atoms with Gasteiger partial charge in [-0.1, -0.05) is 39.4 Å². The minimum absolute atomic E-state index is 0.0445. The molecule has 9 heteroatoms. The lowest BCUT2D eigenvalue weighted by Crippen LogP contribution is -2.49. The van der Waals surface area contributed by atoms with Gasteiger partial charge in [-0.3, -0.25) is 0 Å². The Kier molecular flexibility index (Phi) is 5.75. The molecular weight excluding hydrogens is 356 g/mol. The number of fused-ring (bicyclic) bond motifs is 2. The average molecular weight is 385 g/mol. The van der Waals surface area contributed by atoms with Gasteiger partial charge in [0.25, 0.3) is 0 Å². The molecule has 2 saturated carbocycles. The molecule has 2 fully saturated rings. The largest absolute Gasteiger partial charge is 0.458 e. The van der Waals surface area contributed by atoms with Crippen LogP contribution in [0.2, 0.25) is 0 Å². The predicted molar refractivity (Wildman–Crippen MR) is 98.4 cm³/mol. The Morgan fingerprint density at radius 2 is 2.00 bits per heavy atom. The molecule has 0 aliphatic heterocycles. The quantitative estimate of drug-likeness (QED) is 0.210. The summed E-state index contributed by atoms with van der Waals surface area (Å²) in [6.45, 7) is 12.0. The first-order valence-electron chi connectivity index (χ1n) is 8.98. The first-order valence-corrected chi connectivity index (χ1v) is 10.6. The summed E-state index contributed by atoms with van der Waals surface area (Å²) >= 11 is 0. The van der Waals surface area contributed by atoms with E-state index < -0.39 is 27.5 Å². The van der Waals surface area contributed by atoms with Crippen LogP contribution in [0.15, 0.2) is 17.4 Å². The van der Waals surface area contributed by atoms with Crippen LogP contribution >= 0.6 is 0 Å². The van der Waals surface area contributed by atoms with Crippen molar-refractivity contribution in [2.75, 3.05) is 18.8 Å². The third kappa shape index (κ3) is 3.23. The molecule has 0 aromatic carbocycles. The van der Waals surface area contributed by atoms with Crippen molar-refractivity contribution >= 4 is 16.0 Å². The second-order valence-corrected chi connectivity index (χ2v) is 9.69. The number of hydrogen-bond acceptors (Lipinski definition) is 5. The van der Waals surface area contributed by atoms with Crippen LogP contribution in [0, 0.1) is 16.7 Å². The number of esters is 1. The molecule has 3 unspecified atom stereocenters. The van der Waals surface area contributed by atoms with Crippen LogP contribution in [0.1, 0.15) is 47.0 Å². The lowest BCUT2D eigenvalue weighted by molar-refractivity contribution is -0.151. The van der Waals surface area contributed by atoms with Crippen LogP contribution in [-0.2, 0) is 19.6 Å². The van der Waals surface area contributed by atoms with Crippen molar-refractivity contribution < 1.29 is 17.9 Å². The zero-order chi connectivity index (χ0) is 19.8. The van der Waals surface area contributed by atoms with E-state index in [1.165, 1.54) is 4.31 Å². The highest BCUT2D eigenvalue weighted by atomic mass is 32.2. The lowest BCUT2D eigenvalue weighted by Gasteiger charge is -2.42. The Morgan fingerprint density at radius 3 is 2.50 bits per heavy atom. The van der Waals surface area contributed by atoms with Gasteiger partial charge in [0.2, 0.25) is 10.0 Å². The van der Waals surface area contributed by atoms with Crippen LogP contribution in [0.3, 0.4) is 0 Å². The van der Waals surface area contributed by atoms with Crippen LogP contribution in [0.25, 0.3) is 10.4 Å². The number of azide groups is 1. The Hall–Kier alpha value is -1.57. The molecule has 0 aromatic heterocycles. The molecule has 2 rings (SSSR count). The Morgan fingerprint density at radius 1 is 1.38 bits per heavy atom. The van der Waals surface area contributed by atoms with Gasteiger partial charge in [-0.2, -0.15) is 0 Å². The number of rotatable bonds is 8. The lowest BCUT2D eigenvalue weighted by atomic mass is 9.69. The Labute approximate surface area is 155 Å². The number of ether oxygens (including phenoxy) is 1. The summed E-state index contributed by atoms with van der Waals surface area (Å²) in [7, 11) is -3.48. The molecule has 0 amide bonds. The summed E-state index contributed by atoms with van der Waals surface area (Å²) < 4.78 is 33.0. The van der Waals surface area contributed by atoms with Gasteiger partial charge in [0, 0.05) is 23.4 Å². The van der Waals surface area contributed by atoms with Crippen LogP contribution in [0.4, 0.5) is 0 Å².